The van der Waals surface area contributed by atoms with E-state index in [1.54, 1.807) is 10.6 Å². The topological polar surface area (TPSA) is 30.2 Å². The van der Waals surface area contributed by atoms with E-state index in [1.807, 2.05) is 13.8 Å². The van der Waals surface area contributed by atoms with Crippen LogP contribution in [0, 0.1) is 13.8 Å². The van der Waals surface area contributed by atoms with Gasteiger partial charge in [-0.3, -0.25) is 0 Å². The van der Waals surface area contributed by atoms with Crippen LogP contribution in [-0.2, 0) is 5.88 Å². The second-order valence-corrected chi connectivity index (χ2v) is 3.82. The van der Waals surface area contributed by atoms with Gasteiger partial charge in [0.15, 0.2) is 5.65 Å². The largest absolute Gasteiger partial charge is 0.232 e. The molecule has 74 valence electrons. The second kappa shape index (κ2) is 3.41. The predicted octanol–water partition coefficient (Wildman–Crippen LogP) is 2.74. The highest BCUT2D eigenvalue weighted by Crippen LogP contribution is 2.18. The van der Waals surface area contributed by atoms with Crippen molar-refractivity contribution in [2.75, 3.05) is 0 Å². The molecule has 2 rings (SSSR count). The smallest absolute Gasteiger partial charge is 0.157 e. The van der Waals surface area contributed by atoms with Crippen LogP contribution in [0.4, 0.5) is 0 Å². The first kappa shape index (κ1) is 9.74. The van der Waals surface area contributed by atoms with Crippen LogP contribution in [0.1, 0.15) is 17.0 Å². The Morgan fingerprint density at radius 1 is 1.43 bits per heavy atom. The van der Waals surface area contributed by atoms with Crippen molar-refractivity contribution in [1.29, 1.82) is 0 Å². The average molecular weight is 230 g/mol. The Bertz CT molecular complexity index is 490. The lowest BCUT2D eigenvalue weighted by atomic mass is 10.3. The fourth-order valence-corrected chi connectivity index (χ4v) is 1.98. The number of halogens is 2. The summed E-state index contributed by atoms with van der Waals surface area (Å²) in [7, 11) is 0. The van der Waals surface area contributed by atoms with E-state index in [0.29, 0.717) is 11.0 Å². The first-order valence-corrected chi connectivity index (χ1v) is 5.12. The molecule has 0 aliphatic heterocycles. The van der Waals surface area contributed by atoms with E-state index in [2.05, 4.69) is 10.1 Å². The normalized spacial score (nSPS) is 11.1. The summed E-state index contributed by atoms with van der Waals surface area (Å²) in [5.41, 5.74) is 3.62. The molecule has 0 aliphatic rings. The zero-order valence-electron chi connectivity index (χ0n) is 7.88. The number of alkyl halides is 1. The van der Waals surface area contributed by atoms with Gasteiger partial charge in [-0.25, -0.2) is 9.50 Å². The Labute approximate surface area is 91.7 Å². The molecule has 0 N–H and O–H groups in total. The Balaban J connectivity index is 2.87. The summed E-state index contributed by atoms with van der Waals surface area (Å²) in [6.45, 7) is 3.87. The zero-order chi connectivity index (χ0) is 10.3. The first-order chi connectivity index (χ1) is 6.63. The third kappa shape index (κ3) is 1.37. The van der Waals surface area contributed by atoms with Crippen LogP contribution in [-0.4, -0.2) is 14.6 Å². The molecule has 0 saturated heterocycles. The lowest BCUT2D eigenvalue weighted by molar-refractivity contribution is 0.882. The molecule has 0 radical (unpaired) electrons. The Morgan fingerprint density at radius 3 is 2.79 bits per heavy atom. The van der Waals surface area contributed by atoms with Crippen molar-refractivity contribution in [2.45, 2.75) is 19.7 Å². The third-order valence-electron chi connectivity index (χ3n) is 2.16. The van der Waals surface area contributed by atoms with Gasteiger partial charge in [0, 0.05) is 0 Å². The van der Waals surface area contributed by atoms with Gasteiger partial charge in [0.2, 0.25) is 0 Å². The molecule has 0 aromatic carbocycles. The van der Waals surface area contributed by atoms with E-state index in [0.717, 1.165) is 22.6 Å². The summed E-state index contributed by atoms with van der Waals surface area (Å²) in [6, 6.07) is 1.79. The maximum Gasteiger partial charge on any atom is 0.157 e. The minimum absolute atomic E-state index is 0.389. The number of hydrogen-bond acceptors (Lipinski definition) is 2. The monoisotopic (exact) mass is 229 g/mol. The lowest BCUT2D eigenvalue weighted by Crippen LogP contribution is -1.98. The van der Waals surface area contributed by atoms with E-state index in [1.165, 1.54) is 0 Å². The molecule has 0 spiro atoms. The summed E-state index contributed by atoms with van der Waals surface area (Å²) in [5, 5.41) is 4.62. The molecule has 0 fully saturated rings. The molecule has 0 bridgehead atoms. The second-order valence-electron chi connectivity index (χ2n) is 3.16. The van der Waals surface area contributed by atoms with Gasteiger partial charge >= 0.3 is 0 Å². The van der Waals surface area contributed by atoms with E-state index >= 15 is 0 Å². The van der Waals surface area contributed by atoms with Crippen LogP contribution in [0.3, 0.4) is 0 Å². The van der Waals surface area contributed by atoms with Gasteiger partial charge in [-0.1, -0.05) is 11.6 Å². The lowest BCUT2D eigenvalue weighted by Gasteiger charge is -2.00. The highest BCUT2D eigenvalue weighted by Gasteiger charge is 2.11. The Kier molecular flexibility index (Phi) is 2.37. The van der Waals surface area contributed by atoms with E-state index in [9.17, 15) is 0 Å². The molecule has 2 heterocycles. The van der Waals surface area contributed by atoms with Gasteiger partial charge in [-0.05, 0) is 25.5 Å². The SMILES string of the molecule is Cc1nc2c(C)cc(Cl)nn2c1CCl. The van der Waals surface area contributed by atoms with Gasteiger partial charge in [0.1, 0.15) is 5.15 Å². The summed E-state index contributed by atoms with van der Waals surface area (Å²) in [4.78, 5) is 4.38. The fraction of sp³-hybridized carbons (Fsp3) is 0.333. The van der Waals surface area contributed by atoms with Crippen molar-refractivity contribution >= 4 is 28.8 Å². The third-order valence-corrected chi connectivity index (χ3v) is 2.60. The van der Waals surface area contributed by atoms with Gasteiger partial charge < -0.3 is 0 Å². The number of aromatic nitrogens is 3. The molecule has 0 amide bonds. The van der Waals surface area contributed by atoms with Gasteiger partial charge in [-0.2, -0.15) is 5.10 Å². The molecule has 5 heteroatoms. The van der Waals surface area contributed by atoms with Crippen molar-refractivity contribution in [1.82, 2.24) is 14.6 Å². The number of rotatable bonds is 1. The maximum atomic E-state index is 5.86. The molecule has 2 aromatic rings. The molecule has 0 aliphatic carbocycles. The number of hydrogen-bond donors (Lipinski definition) is 0. The zero-order valence-corrected chi connectivity index (χ0v) is 9.39. The van der Waals surface area contributed by atoms with Crippen LogP contribution < -0.4 is 0 Å². The molecule has 0 saturated carbocycles. The average Bonchev–Trinajstić information content (AvgIpc) is 2.41. The maximum absolute atomic E-state index is 5.86. The minimum atomic E-state index is 0.389. The summed E-state index contributed by atoms with van der Waals surface area (Å²) >= 11 is 11.7. The standard InChI is InChI=1S/C9H9Cl2N3/c1-5-3-8(11)13-14-7(4-10)6(2)12-9(5)14/h3H,4H2,1-2H3. The quantitative estimate of drug-likeness (QED) is 0.705. The molecule has 14 heavy (non-hydrogen) atoms. The van der Waals surface area contributed by atoms with Crippen molar-refractivity contribution in [3.05, 3.63) is 28.2 Å². The highest BCUT2D eigenvalue weighted by molar-refractivity contribution is 6.29. The Morgan fingerprint density at radius 2 is 2.14 bits per heavy atom. The highest BCUT2D eigenvalue weighted by atomic mass is 35.5. The van der Waals surface area contributed by atoms with Gasteiger partial charge in [-0.15, -0.1) is 11.6 Å². The van der Waals surface area contributed by atoms with Crippen molar-refractivity contribution < 1.29 is 0 Å². The van der Waals surface area contributed by atoms with Crippen molar-refractivity contribution in [3.63, 3.8) is 0 Å². The van der Waals surface area contributed by atoms with E-state index < -0.39 is 0 Å². The molecule has 3 nitrogen and oxygen atoms in total. The molecule has 0 unspecified atom stereocenters. The number of aryl methyl sites for hydroxylation is 2. The van der Waals surface area contributed by atoms with Crippen LogP contribution in [0.2, 0.25) is 5.15 Å². The number of fused-ring (bicyclic) bond motifs is 1. The van der Waals surface area contributed by atoms with E-state index in [-0.39, 0.29) is 0 Å². The molecular weight excluding hydrogens is 221 g/mol. The molecule has 0 atom stereocenters. The van der Waals surface area contributed by atoms with Crippen LogP contribution >= 0.6 is 23.2 Å². The minimum Gasteiger partial charge on any atom is -0.232 e. The van der Waals surface area contributed by atoms with Gasteiger partial charge in [0.05, 0.1) is 17.3 Å². The van der Waals surface area contributed by atoms with Crippen LogP contribution in [0.5, 0.6) is 0 Å². The Hall–Kier alpha value is -0.800. The first-order valence-electron chi connectivity index (χ1n) is 4.21. The van der Waals surface area contributed by atoms with Crippen molar-refractivity contribution in [3.8, 4) is 0 Å². The number of imidazole rings is 1. The molecular formula is C9H9Cl2N3. The fourth-order valence-electron chi connectivity index (χ4n) is 1.44. The summed E-state index contributed by atoms with van der Waals surface area (Å²) < 4.78 is 1.71. The van der Waals surface area contributed by atoms with Crippen LogP contribution in [0.25, 0.3) is 5.65 Å². The summed E-state index contributed by atoms with van der Waals surface area (Å²) in [6.07, 6.45) is 0. The predicted molar refractivity (Wildman–Crippen MR) is 57.0 cm³/mol. The summed E-state index contributed by atoms with van der Waals surface area (Å²) in [5.74, 6) is 0.389. The number of nitrogens with zero attached hydrogens (tertiary/aromatic N) is 3. The van der Waals surface area contributed by atoms with E-state index in [4.69, 9.17) is 23.2 Å². The van der Waals surface area contributed by atoms with Crippen molar-refractivity contribution in [2.24, 2.45) is 0 Å². The van der Waals surface area contributed by atoms with Crippen LogP contribution in [0.15, 0.2) is 6.07 Å². The van der Waals surface area contributed by atoms with Gasteiger partial charge in [0.25, 0.3) is 0 Å². The molecule has 2 aromatic heterocycles.